The monoisotopic (exact) mass is 364 g/mol. The van der Waals surface area contributed by atoms with E-state index in [4.69, 9.17) is 21.1 Å². The largest absolute Gasteiger partial charge is 0.493 e. The average Bonchev–Trinajstić information content (AvgIpc) is 2.94. The first-order valence-electron chi connectivity index (χ1n) is 7.97. The van der Waals surface area contributed by atoms with Crippen molar-refractivity contribution in [1.29, 1.82) is 0 Å². The molecule has 0 N–H and O–H groups in total. The summed E-state index contributed by atoms with van der Waals surface area (Å²) < 4.78 is 11.6. The molecule has 1 aliphatic heterocycles. The molecule has 0 aliphatic carbocycles. The van der Waals surface area contributed by atoms with E-state index in [1.165, 1.54) is 6.33 Å². The summed E-state index contributed by atoms with van der Waals surface area (Å²) in [4.78, 5) is 24.1. The smallest absolute Gasteiger partial charge is 0.239 e. The van der Waals surface area contributed by atoms with Crippen molar-refractivity contribution < 1.29 is 14.3 Å². The zero-order valence-electron chi connectivity index (χ0n) is 14.7. The number of carbonyl (C=O) groups excluding carboxylic acids is 1. The van der Waals surface area contributed by atoms with Crippen molar-refractivity contribution >= 4 is 28.4 Å². The van der Waals surface area contributed by atoms with Crippen molar-refractivity contribution in [3.05, 3.63) is 23.6 Å². The Labute approximate surface area is 151 Å². The molecule has 2 heterocycles. The molecule has 1 aromatic heterocycles. The lowest BCUT2D eigenvalue weighted by molar-refractivity contribution is -0.133. The number of rotatable bonds is 4. The third-order valence-corrected chi connectivity index (χ3v) is 4.70. The van der Waals surface area contributed by atoms with E-state index >= 15 is 0 Å². The van der Waals surface area contributed by atoms with Gasteiger partial charge in [-0.15, -0.1) is 0 Å². The Morgan fingerprint density at radius 2 is 2.08 bits per heavy atom. The van der Waals surface area contributed by atoms with E-state index in [-0.39, 0.29) is 18.1 Å². The summed E-state index contributed by atoms with van der Waals surface area (Å²) in [5.74, 6) is 1.23. The summed E-state index contributed by atoms with van der Waals surface area (Å²) >= 11 is 6.16. The molecule has 1 saturated heterocycles. The summed E-state index contributed by atoms with van der Waals surface area (Å²) in [6.07, 6.45) is 1.91. The van der Waals surface area contributed by atoms with Crippen LogP contribution in [0.5, 0.6) is 11.5 Å². The van der Waals surface area contributed by atoms with Crippen LogP contribution in [0.2, 0.25) is 5.15 Å². The molecule has 2 aromatic rings. The van der Waals surface area contributed by atoms with Gasteiger partial charge in [0.05, 0.1) is 18.7 Å². The number of hydrogen-bond donors (Lipinski definition) is 0. The van der Waals surface area contributed by atoms with Gasteiger partial charge in [0.25, 0.3) is 0 Å². The van der Waals surface area contributed by atoms with E-state index in [1.54, 1.807) is 38.2 Å². The second-order valence-corrected chi connectivity index (χ2v) is 6.71. The van der Waals surface area contributed by atoms with Crippen LogP contribution in [0, 0.1) is 0 Å². The highest BCUT2D eigenvalue weighted by Crippen LogP contribution is 2.35. The number of nitrogens with zero attached hydrogens (tertiary/aromatic N) is 4. The van der Waals surface area contributed by atoms with Crippen molar-refractivity contribution in [3.8, 4) is 11.5 Å². The van der Waals surface area contributed by atoms with Gasteiger partial charge in [0.15, 0.2) is 11.5 Å². The lowest BCUT2D eigenvalue weighted by Crippen LogP contribution is -2.40. The fourth-order valence-corrected chi connectivity index (χ4v) is 3.28. The number of amides is 1. The molecule has 0 radical (unpaired) electrons. The Balaban J connectivity index is 1.85. The van der Waals surface area contributed by atoms with E-state index in [0.29, 0.717) is 40.5 Å². The quantitative estimate of drug-likeness (QED) is 0.771. The van der Waals surface area contributed by atoms with Crippen LogP contribution in [0.4, 0.5) is 0 Å². The van der Waals surface area contributed by atoms with Gasteiger partial charge in [-0.2, -0.15) is 0 Å². The minimum atomic E-state index is -0.182. The van der Waals surface area contributed by atoms with Gasteiger partial charge in [-0.25, -0.2) is 9.97 Å². The molecule has 1 aliphatic rings. The second kappa shape index (κ2) is 7.01. The first-order valence-corrected chi connectivity index (χ1v) is 8.34. The molecule has 0 saturated carbocycles. The molecule has 1 fully saturated rings. The lowest BCUT2D eigenvalue weighted by Gasteiger charge is -2.21. The number of carbonyl (C=O) groups is 1. The van der Waals surface area contributed by atoms with Crippen LogP contribution >= 0.6 is 11.6 Å². The molecule has 25 heavy (non-hydrogen) atoms. The molecule has 134 valence electrons. The van der Waals surface area contributed by atoms with E-state index in [0.717, 1.165) is 0 Å². The number of ether oxygens (including phenoxy) is 2. The van der Waals surface area contributed by atoms with E-state index in [9.17, 15) is 4.79 Å². The molecular formula is C17H21ClN4O3. The Hall–Kier alpha value is -2.12. The summed E-state index contributed by atoms with van der Waals surface area (Å²) in [6, 6.07) is 3.38. The van der Waals surface area contributed by atoms with Crippen LogP contribution < -0.4 is 9.47 Å². The molecule has 0 unspecified atom stereocenters. The van der Waals surface area contributed by atoms with E-state index in [2.05, 4.69) is 9.97 Å². The number of hydrogen-bond acceptors (Lipinski definition) is 6. The average molecular weight is 365 g/mol. The molecular weight excluding hydrogens is 344 g/mol. The maximum Gasteiger partial charge on any atom is 0.239 e. The zero-order valence-corrected chi connectivity index (χ0v) is 15.4. The van der Waals surface area contributed by atoms with Crippen molar-refractivity contribution in [2.24, 2.45) is 0 Å². The Morgan fingerprint density at radius 3 is 2.76 bits per heavy atom. The van der Waals surface area contributed by atoms with Crippen LogP contribution in [-0.4, -0.2) is 72.6 Å². The lowest BCUT2D eigenvalue weighted by atomic mass is 10.1. The summed E-state index contributed by atoms with van der Waals surface area (Å²) in [7, 11) is 7.03. The topological polar surface area (TPSA) is 67.8 Å². The number of methoxy groups -OCH3 is 1. The number of likely N-dealkylation sites (N-methyl/N-ethyl adjacent to an activating group) is 2. The van der Waals surface area contributed by atoms with Gasteiger partial charge in [-0.05, 0) is 13.1 Å². The molecule has 1 aromatic carbocycles. The number of halogens is 1. The van der Waals surface area contributed by atoms with Crippen LogP contribution in [0.3, 0.4) is 0 Å². The SMILES string of the molecule is COc1cc2ncnc(Cl)c2cc1O[C@H]1C[C@H](C(=O)N(C)C)N(C)C1. The van der Waals surface area contributed by atoms with Gasteiger partial charge in [0, 0.05) is 38.5 Å². The zero-order chi connectivity index (χ0) is 18.1. The van der Waals surface area contributed by atoms with Gasteiger partial charge in [-0.1, -0.05) is 11.6 Å². The standard InChI is InChI=1S/C17H21ClN4O3/c1-21(2)17(23)13-5-10(8-22(13)3)25-15-6-11-12(7-14(15)24-4)19-9-20-16(11)18/h6-7,9-10,13H,5,8H2,1-4H3/t10-,13+/m0/s1. The fraction of sp³-hybridized carbons (Fsp3) is 0.471. The summed E-state index contributed by atoms with van der Waals surface area (Å²) in [5.41, 5.74) is 0.688. The molecule has 1 amide bonds. The predicted octanol–water partition coefficient (Wildman–Crippen LogP) is 1.83. The Kier molecular flexibility index (Phi) is 4.96. The molecule has 7 nitrogen and oxygen atoms in total. The van der Waals surface area contributed by atoms with Gasteiger partial charge >= 0.3 is 0 Å². The van der Waals surface area contributed by atoms with Crippen molar-refractivity contribution in [2.45, 2.75) is 18.6 Å². The minimum absolute atomic E-state index is 0.0792. The van der Waals surface area contributed by atoms with Crippen molar-refractivity contribution in [2.75, 3.05) is 34.8 Å². The number of benzene rings is 1. The Bertz CT molecular complexity index is 799. The number of likely N-dealkylation sites (tertiary alicyclic amines) is 1. The highest BCUT2D eigenvalue weighted by atomic mass is 35.5. The number of aromatic nitrogens is 2. The number of fused-ring (bicyclic) bond motifs is 1. The first-order chi connectivity index (χ1) is 11.9. The summed E-state index contributed by atoms with van der Waals surface area (Å²) in [5, 5.41) is 1.06. The molecule has 3 rings (SSSR count). The molecule has 0 bridgehead atoms. The normalized spacial score (nSPS) is 20.7. The fourth-order valence-electron chi connectivity index (χ4n) is 3.09. The van der Waals surface area contributed by atoms with Gasteiger partial charge < -0.3 is 14.4 Å². The van der Waals surface area contributed by atoms with Crippen LogP contribution in [0.1, 0.15) is 6.42 Å². The van der Waals surface area contributed by atoms with Crippen LogP contribution in [-0.2, 0) is 4.79 Å². The second-order valence-electron chi connectivity index (χ2n) is 6.35. The van der Waals surface area contributed by atoms with E-state index in [1.807, 2.05) is 11.9 Å². The maximum absolute atomic E-state index is 12.3. The highest BCUT2D eigenvalue weighted by molar-refractivity contribution is 6.34. The van der Waals surface area contributed by atoms with Crippen LogP contribution in [0.25, 0.3) is 10.9 Å². The third kappa shape index (κ3) is 3.48. The third-order valence-electron chi connectivity index (χ3n) is 4.40. The molecule has 0 spiro atoms. The Morgan fingerprint density at radius 1 is 1.32 bits per heavy atom. The van der Waals surface area contributed by atoms with Gasteiger partial charge in [0.1, 0.15) is 17.6 Å². The molecule has 2 atom stereocenters. The van der Waals surface area contributed by atoms with Gasteiger partial charge in [-0.3, -0.25) is 9.69 Å². The minimum Gasteiger partial charge on any atom is -0.493 e. The van der Waals surface area contributed by atoms with Crippen molar-refractivity contribution in [1.82, 2.24) is 19.8 Å². The van der Waals surface area contributed by atoms with Gasteiger partial charge in [0.2, 0.25) is 5.91 Å². The maximum atomic E-state index is 12.3. The van der Waals surface area contributed by atoms with Crippen LogP contribution in [0.15, 0.2) is 18.5 Å². The summed E-state index contributed by atoms with van der Waals surface area (Å²) in [6.45, 7) is 0.657. The molecule has 8 heteroatoms. The highest BCUT2D eigenvalue weighted by Gasteiger charge is 2.36. The van der Waals surface area contributed by atoms with Crippen molar-refractivity contribution in [3.63, 3.8) is 0 Å². The predicted molar refractivity (Wildman–Crippen MR) is 95.2 cm³/mol. The van der Waals surface area contributed by atoms with E-state index < -0.39 is 0 Å². The first kappa shape index (κ1) is 17.7.